The number of rotatable bonds is 5. The van der Waals surface area contributed by atoms with Crippen molar-refractivity contribution >= 4 is 34.5 Å². The Morgan fingerprint density at radius 3 is 2.75 bits per heavy atom. The summed E-state index contributed by atoms with van der Waals surface area (Å²) in [6.07, 6.45) is 3.77. The Balaban J connectivity index is 1.51. The van der Waals surface area contributed by atoms with E-state index in [0.29, 0.717) is 27.8 Å². The molecule has 4 aromatic rings. The smallest absolute Gasteiger partial charge is 0.262 e. The van der Waals surface area contributed by atoms with E-state index < -0.39 is 0 Å². The molecule has 0 saturated heterocycles. The standard InChI is InChI=1S/C21H17ClN4O2/c22-15-6-8-17(9-7-15)24-20(27)13-28-19-5-2-10-26-12-18(25-21(19)26)14-3-1-4-16(23)11-14/h1-12H,13,23H2,(H,24,27). The molecule has 3 N–H and O–H groups in total. The number of carbonyl (C=O) groups is 1. The minimum absolute atomic E-state index is 0.136. The topological polar surface area (TPSA) is 81.6 Å². The zero-order chi connectivity index (χ0) is 19.5. The van der Waals surface area contributed by atoms with Gasteiger partial charge in [-0.25, -0.2) is 4.98 Å². The lowest BCUT2D eigenvalue weighted by molar-refractivity contribution is -0.118. The van der Waals surface area contributed by atoms with Gasteiger partial charge in [0, 0.05) is 34.4 Å². The number of amides is 1. The van der Waals surface area contributed by atoms with Gasteiger partial charge < -0.3 is 20.2 Å². The van der Waals surface area contributed by atoms with Crippen molar-refractivity contribution in [3.05, 3.63) is 78.1 Å². The predicted molar refractivity (Wildman–Crippen MR) is 111 cm³/mol. The number of nitrogens with zero attached hydrogens (tertiary/aromatic N) is 2. The van der Waals surface area contributed by atoms with Crippen LogP contribution in [0.4, 0.5) is 11.4 Å². The van der Waals surface area contributed by atoms with E-state index in [4.69, 9.17) is 22.1 Å². The highest BCUT2D eigenvalue weighted by Crippen LogP contribution is 2.25. The highest BCUT2D eigenvalue weighted by Gasteiger charge is 2.11. The van der Waals surface area contributed by atoms with Crippen molar-refractivity contribution in [1.82, 2.24) is 9.38 Å². The van der Waals surface area contributed by atoms with Crippen LogP contribution >= 0.6 is 11.6 Å². The highest BCUT2D eigenvalue weighted by molar-refractivity contribution is 6.30. The summed E-state index contributed by atoms with van der Waals surface area (Å²) in [5.74, 6) is 0.246. The Kier molecular flexibility index (Phi) is 4.87. The number of nitrogens with one attached hydrogen (secondary N) is 1. The second-order valence-electron chi connectivity index (χ2n) is 6.20. The van der Waals surface area contributed by atoms with E-state index in [0.717, 1.165) is 11.3 Å². The number of hydrogen-bond acceptors (Lipinski definition) is 4. The molecule has 28 heavy (non-hydrogen) atoms. The van der Waals surface area contributed by atoms with E-state index in [1.165, 1.54) is 0 Å². The molecule has 0 aliphatic carbocycles. The van der Waals surface area contributed by atoms with Crippen LogP contribution in [-0.4, -0.2) is 21.9 Å². The summed E-state index contributed by atoms with van der Waals surface area (Å²) in [6.45, 7) is -0.136. The molecule has 0 aliphatic heterocycles. The molecule has 0 fully saturated rings. The molecule has 2 aromatic carbocycles. The third-order valence-electron chi connectivity index (χ3n) is 4.12. The van der Waals surface area contributed by atoms with E-state index in [2.05, 4.69) is 10.3 Å². The fourth-order valence-corrected chi connectivity index (χ4v) is 2.94. The lowest BCUT2D eigenvalue weighted by Crippen LogP contribution is -2.20. The number of anilines is 2. The van der Waals surface area contributed by atoms with Crippen LogP contribution in [0.25, 0.3) is 16.9 Å². The Morgan fingerprint density at radius 1 is 1.14 bits per heavy atom. The van der Waals surface area contributed by atoms with Gasteiger partial charge in [-0.3, -0.25) is 4.79 Å². The van der Waals surface area contributed by atoms with Crippen molar-refractivity contribution in [2.75, 3.05) is 17.7 Å². The molecule has 0 saturated carbocycles. The van der Waals surface area contributed by atoms with Crippen molar-refractivity contribution in [1.29, 1.82) is 0 Å². The number of nitrogen functional groups attached to an aromatic ring is 1. The molecule has 0 bridgehead atoms. The molecule has 2 aromatic heterocycles. The summed E-state index contributed by atoms with van der Waals surface area (Å²) in [6, 6.07) is 18.0. The average molecular weight is 393 g/mol. The van der Waals surface area contributed by atoms with Crippen LogP contribution in [-0.2, 0) is 4.79 Å². The fraction of sp³-hybridized carbons (Fsp3) is 0.0476. The normalized spacial score (nSPS) is 10.8. The summed E-state index contributed by atoms with van der Waals surface area (Å²) in [7, 11) is 0. The van der Waals surface area contributed by atoms with Crippen molar-refractivity contribution in [2.45, 2.75) is 0 Å². The van der Waals surface area contributed by atoms with Gasteiger partial charge in [-0.2, -0.15) is 0 Å². The first-order valence-corrected chi connectivity index (χ1v) is 8.98. The maximum Gasteiger partial charge on any atom is 0.262 e. The number of aromatic nitrogens is 2. The summed E-state index contributed by atoms with van der Waals surface area (Å²) >= 11 is 5.85. The molecule has 0 unspecified atom stereocenters. The van der Waals surface area contributed by atoms with E-state index >= 15 is 0 Å². The number of hydrogen-bond donors (Lipinski definition) is 2. The van der Waals surface area contributed by atoms with E-state index in [-0.39, 0.29) is 12.5 Å². The highest BCUT2D eigenvalue weighted by atomic mass is 35.5. The monoisotopic (exact) mass is 392 g/mol. The van der Waals surface area contributed by atoms with Crippen molar-refractivity contribution in [2.24, 2.45) is 0 Å². The molecular weight excluding hydrogens is 376 g/mol. The Morgan fingerprint density at radius 2 is 1.96 bits per heavy atom. The van der Waals surface area contributed by atoms with Crippen molar-refractivity contribution in [3.8, 4) is 17.0 Å². The summed E-state index contributed by atoms with van der Waals surface area (Å²) < 4.78 is 7.56. The van der Waals surface area contributed by atoms with Gasteiger partial charge in [-0.15, -0.1) is 0 Å². The van der Waals surface area contributed by atoms with E-state index in [9.17, 15) is 4.79 Å². The van der Waals surface area contributed by atoms with Gasteiger partial charge >= 0.3 is 0 Å². The minimum atomic E-state index is -0.271. The zero-order valence-corrected chi connectivity index (χ0v) is 15.6. The average Bonchev–Trinajstić information content (AvgIpc) is 3.13. The maximum absolute atomic E-state index is 12.2. The van der Waals surface area contributed by atoms with E-state index in [1.807, 2.05) is 47.1 Å². The van der Waals surface area contributed by atoms with Gasteiger partial charge in [0.1, 0.15) is 0 Å². The van der Waals surface area contributed by atoms with Crippen molar-refractivity contribution < 1.29 is 9.53 Å². The van der Waals surface area contributed by atoms with Gasteiger partial charge in [-0.1, -0.05) is 23.7 Å². The fourth-order valence-electron chi connectivity index (χ4n) is 2.81. The molecule has 0 spiro atoms. The number of carbonyl (C=O) groups excluding carboxylic acids is 1. The summed E-state index contributed by atoms with van der Waals surface area (Å²) in [4.78, 5) is 16.8. The van der Waals surface area contributed by atoms with Gasteiger partial charge in [0.25, 0.3) is 5.91 Å². The first-order valence-electron chi connectivity index (χ1n) is 8.60. The van der Waals surface area contributed by atoms with Crippen LogP contribution < -0.4 is 15.8 Å². The molecule has 4 rings (SSSR count). The number of ether oxygens (including phenoxy) is 1. The molecule has 0 aliphatic rings. The first-order chi connectivity index (χ1) is 13.6. The number of pyridine rings is 1. The number of imidazole rings is 1. The zero-order valence-electron chi connectivity index (χ0n) is 14.8. The Bertz CT molecular complexity index is 1140. The van der Waals surface area contributed by atoms with Gasteiger partial charge in [-0.05, 0) is 48.5 Å². The minimum Gasteiger partial charge on any atom is -0.480 e. The number of halogens is 1. The molecule has 0 radical (unpaired) electrons. The molecule has 0 atom stereocenters. The molecule has 140 valence electrons. The third kappa shape index (κ3) is 3.92. The Labute approximate surface area is 166 Å². The van der Waals surface area contributed by atoms with Crippen LogP contribution in [0.3, 0.4) is 0 Å². The van der Waals surface area contributed by atoms with Crippen LogP contribution in [0.15, 0.2) is 73.1 Å². The van der Waals surface area contributed by atoms with Crippen molar-refractivity contribution in [3.63, 3.8) is 0 Å². The lowest BCUT2D eigenvalue weighted by atomic mass is 10.1. The largest absolute Gasteiger partial charge is 0.480 e. The molecule has 2 heterocycles. The quantitative estimate of drug-likeness (QED) is 0.497. The SMILES string of the molecule is Nc1cccc(-c2cn3cccc(OCC(=O)Nc4ccc(Cl)cc4)c3n2)c1. The first kappa shape index (κ1) is 17.9. The van der Waals surface area contributed by atoms with Gasteiger partial charge in [0.2, 0.25) is 0 Å². The number of fused-ring (bicyclic) bond motifs is 1. The second kappa shape index (κ2) is 7.62. The van der Waals surface area contributed by atoms with Crippen LogP contribution in [0.5, 0.6) is 5.75 Å². The van der Waals surface area contributed by atoms with E-state index in [1.54, 1.807) is 30.3 Å². The molecule has 1 amide bonds. The van der Waals surface area contributed by atoms with Gasteiger partial charge in [0.05, 0.1) is 5.69 Å². The van der Waals surface area contributed by atoms with Gasteiger partial charge in [0.15, 0.2) is 18.0 Å². The lowest BCUT2D eigenvalue weighted by Gasteiger charge is -2.08. The number of benzene rings is 2. The Hall–Kier alpha value is -3.51. The van der Waals surface area contributed by atoms with Crippen LogP contribution in [0, 0.1) is 0 Å². The third-order valence-corrected chi connectivity index (χ3v) is 4.37. The summed E-state index contributed by atoms with van der Waals surface area (Å²) in [5, 5.41) is 3.37. The maximum atomic E-state index is 12.2. The van der Waals surface area contributed by atoms with Crippen LogP contribution in [0.2, 0.25) is 5.02 Å². The molecular formula is C21H17ClN4O2. The predicted octanol–water partition coefficient (Wildman–Crippen LogP) is 4.25. The second-order valence-corrected chi connectivity index (χ2v) is 6.64. The summed E-state index contributed by atoms with van der Waals surface area (Å²) in [5.41, 5.74) is 9.50. The molecule has 6 nitrogen and oxygen atoms in total. The molecule has 7 heteroatoms. The van der Waals surface area contributed by atoms with Crippen LogP contribution in [0.1, 0.15) is 0 Å². The number of nitrogens with two attached hydrogens (primary N) is 1.